The summed E-state index contributed by atoms with van der Waals surface area (Å²) < 4.78 is 21.6. The van der Waals surface area contributed by atoms with E-state index in [0.29, 0.717) is 42.6 Å². The lowest BCUT2D eigenvalue weighted by atomic mass is 10.3. The topological polar surface area (TPSA) is 63.5 Å². The fourth-order valence-corrected chi connectivity index (χ4v) is 4.58. The molecule has 0 radical (unpaired) electrons. The number of nitrogens with zero attached hydrogens (tertiary/aromatic N) is 5. The van der Waals surface area contributed by atoms with Crippen molar-refractivity contribution in [1.82, 2.24) is 19.7 Å². The third-order valence-corrected chi connectivity index (χ3v) is 6.17. The fraction of sp³-hybridized carbons (Fsp3) is 0.476. The van der Waals surface area contributed by atoms with Crippen molar-refractivity contribution in [3.05, 3.63) is 41.5 Å². The number of thiazole rings is 1. The highest BCUT2D eigenvalue weighted by atomic mass is 32.1. The SMILES string of the molecule is Cc1cc(C(=O)N(CCN2CCOCC2)c2nc3ccc(F)cc3s2)n(C(C)C)n1. The molecule has 0 aliphatic carbocycles. The van der Waals surface area contributed by atoms with E-state index in [9.17, 15) is 9.18 Å². The fourth-order valence-electron chi connectivity index (χ4n) is 3.56. The first-order chi connectivity index (χ1) is 14.4. The molecule has 30 heavy (non-hydrogen) atoms. The normalized spacial score (nSPS) is 15.2. The van der Waals surface area contributed by atoms with Crippen LogP contribution >= 0.6 is 11.3 Å². The monoisotopic (exact) mass is 431 g/mol. The lowest BCUT2D eigenvalue weighted by Gasteiger charge is -2.29. The quantitative estimate of drug-likeness (QED) is 0.598. The summed E-state index contributed by atoms with van der Waals surface area (Å²) in [4.78, 5) is 22.2. The number of fused-ring (bicyclic) bond motifs is 1. The number of amides is 1. The molecule has 1 aliphatic rings. The van der Waals surface area contributed by atoms with Crippen molar-refractivity contribution in [3.63, 3.8) is 0 Å². The van der Waals surface area contributed by atoms with Crippen molar-refractivity contribution < 1.29 is 13.9 Å². The number of anilines is 1. The molecule has 0 atom stereocenters. The van der Waals surface area contributed by atoms with E-state index < -0.39 is 0 Å². The van der Waals surface area contributed by atoms with Gasteiger partial charge in [-0.2, -0.15) is 5.10 Å². The molecule has 1 aliphatic heterocycles. The summed E-state index contributed by atoms with van der Waals surface area (Å²) in [6.07, 6.45) is 0. The van der Waals surface area contributed by atoms with Crippen LogP contribution in [0.4, 0.5) is 9.52 Å². The highest BCUT2D eigenvalue weighted by Crippen LogP contribution is 2.30. The number of carbonyl (C=O) groups is 1. The summed E-state index contributed by atoms with van der Waals surface area (Å²) in [6.45, 7) is 10.2. The summed E-state index contributed by atoms with van der Waals surface area (Å²) in [5, 5.41) is 5.06. The van der Waals surface area contributed by atoms with Crippen LogP contribution in [0, 0.1) is 12.7 Å². The molecule has 0 N–H and O–H groups in total. The molecule has 160 valence electrons. The average molecular weight is 432 g/mol. The Morgan fingerprint density at radius 1 is 1.30 bits per heavy atom. The molecule has 1 saturated heterocycles. The van der Waals surface area contributed by atoms with Gasteiger partial charge in [0.25, 0.3) is 5.91 Å². The van der Waals surface area contributed by atoms with E-state index >= 15 is 0 Å². The van der Waals surface area contributed by atoms with Gasteiger partial charge in [0.15, 0.2) is 5.13 Å². The zero-order chi connectivity index (χ0) is 21.3. The molecule has 0 bridgehead atoms. The molecule has 9 heteroatoms. The maximum absolute atomic E-state index is 13.7. The van der Waals surface area contributed by atoms with Gasteiger partial charge in [0.05, 0.1) is 29.1 Å². The van der Waals surface area contributed by atoms with Crippen molar-refractivity contribution in [2.75, 3.05) is 44.3 Å². The minimum atomic E-state index is -0.308. The van der Waals surface area contributed by atoms with Gasteiger partial charge in [0, 0.05) is 32.2 Å². The van der Waals surface area contributed by atoms with Crippen molar-refractivity contribution in [2.45, 2.75) is 26.8 Å². The molecule has 0 saturated carbocycles. The van der Waals surface area contributed by atoms with Crippen LogP contribution in [-0.4, -0.2) is 65.0 Å². The van der Waals surface area contributed by atoms with Crippen LogP contribution in [0.15, 0.2) is 24.3 Å². The number of hydrogen-bond donors (Lipinski definition) is 0. The molecule has 4 rings (SSSR count). The minimum absolute atomic E-state index is 0.0585. The Kier molecular flexibility index (Phi) is 6.12. The van der Waals surface area contributed by atoms with E-state index in [1.54, 1.807) is 15.6 Å². The molecule has 7 nitrogen and oxygen atoms in total. The van der Waals surface area contributed by atoms with Crippen molar-refractivity contribution in [1.29, 1.82) is 0 Å². The second kappa shape index (κ2) is 8.79. The van der Waals surface area contributed by atoms with Gasteiger partial charge in [-0.1, -0.05) is 11.3 Å². The Balaban J connectivity index is 1.67. The molecule has 1 fully saturated rings. The number of rotatable bonds is 6. The van der Waals surface area contributed by atoms with Crippen LogP contribution in [-0.2, 0) is 4.74 Å². The van der Waals surface area contributed by atoms with E-state index in [1.165, 1.54) is 23.5 Å². The van der Waals surface area contributed by atoms with Crippen molar-refractivity contribution >= 4 is 32.6 Å². The van der Waals surface area contributed by atoms with Crippen LogP contribution in [0.25, 0.3) is 10.2 Å². The van der Waals surface area contributed by atoms with E-state index in [0.717, 1.165) is 23.5 Å². The lowest BCUT2D eigenvalue weighted by molar-refractivity contribution is 0.0391. The lowest BCUT2D eigenvalue weighted by Crippen LogP contribution is -2.43. The number of benzene rings is 1. The number of hydrogen-bond acceptors (Lipinski definition) is 6. The Labute approximate surface area is 179 Å². The molecular formula is C21H26FN5O2S. The van der Waals surface area contributed by atoms with Gasteiger partial charge in [-0.05, 0) is 45.0 Å². The number of ether oxygens (including phenoxy) is 1. The third kappa shape index (κ3) is 4.38. The van der Waals surface area contributed by atoms with Crippen LogP contribution in [0.2, 0.25) is 0 Å². The van der Waals surface area contributed by atoms with Gasteiger partial charge in [-0.25, -0.2) is 9.37 Å². The Hall–Kier alpha value is -2.36. The average Bonchev–Trinajstić information content (AvgIpc) is 3.32. The first kappa shape index (κ1) is 20.9. The van der Waals surface area contributed by atoms with Crippen molar-refractivity contribution in [3.8, 4) is 0 Å². The Bertz CT molecular complexity index is 1040. The van der Waals surface area contributed by atoms with Gasteiger partial charge in [-0.15, -0.1) is 0 Å². The van der Waals surface area contributed by atoms with Gasteiger partial charge in [0.2, 0.25) is 0 Å². The third-order valence-electron chi connectivity index (χ3n) is 5.12. The van der Waals surface area contributed by atoms with E-state index in [2.05, 4.69) is 15.0 Å². The number of carbonyl (C=O) groups excluding carboxylic acids is 1. The maximum Gasteiger partial charge on any atom is 0.278 e. The van der Waals surface area contributed by atoms with E-state index in [1.807, 2.05) is 26.8 Å². The standard InChI is InChI=1S/C21H26FN5O2S/c1-14(2)27-18(12-15(3)24-27)20(28)26(7-6-25-8-10-29-11-9-25)21-23-17-5-4-16(22)13-19(17)30-21/h4-5,12-14H,6-11H2,1-3H3. The zero-order valence-corrected chi connectivity index (χ0v) is 18.3. The predicted molar refractivity (Wildman–Crippen MR) is 116 cm³/mol. The number of halogens is 1. The summed E-state index contributed by atoms with van der Waals surface area (Å²) in [6, 6.07) is 6.38. The van der Waals surface area contributed by atoms with E-state index in [-0.39, 0.29) is 17.8 Å². The Morgan fingerprint density at radius 3 is 2.80 bits per heavy atom. The second-order valence-corrected chi connectivity index (χ2v) is 8.74. The van der Waals surface area contributed by atoms with Gasteiger partial charge < -0.3 is 4.74 Å². The molecular weight excluding hydrogens is 405 g/mol. The number of aromatic nitrogens is 3. The summed E-state index contributed by atoms with van der Waals surface area (Å²) in [5.74, 6) is -0.450. The molecule has 0 unspecified atom stereocenters. The van der Waals surface area contributed by atoms with E-state index in [4.69, 9.17) is 4.74 Å². The van der Waals surface area contributed by atoms with Crippen LogP contribution in [0.3, 0.4) is 0 Å². The van der Waals surface area contributed by atoms with Gasteiger partial charge in [0.1, 0.15) is 11.5 Å². The molecule has 1 aromatic carbocycles. The summed E-state index contributed by atoms with van der Waals surface area (Å²) in [7, 11) is 0. The van der Waals surface area contributed by atoms with Crippen LogP contribution < -0.4 is 4.90 Å². The molecule has 2 aromatic heterocycles. The zero-order valence-electron chi connectivity index (χ0n) is 17.5. The minimum Gasteiger partial charge on any atom is -0.379 e. The van der Waals surface area contributed by atoms with Crippen LogP contribution in [0.1, 0.15) is 36.1 Å². The highest BCUT2D eigenvalue weighted by Gasteiger charge is 2.26. The summed E-state index contributed by atoms with van der Waals surface area (Å²) >= 11 is 1.33. The molecule has 3 heterocycles. The largest absolute Gasteiger partial charge is 0.379 e. The van der Waals surface area contributed by atoms with Crippen LogP contribution in [0.5, 0.6) is 0 Å². The first-order valence-corrected chi connectivity index (χ1v) is 11.0. The molecule has 3 aromatic rings. The van der Waals surface area contributed by atoms with Crippen molar-refractivity contribution in [2.24, 2.45) is 0 Å². The van der Waals surface area contributed by atoms with Gasteiger partial charge >= 0.3 is 0 Å². The second-order valence-electron chi connectivity index (χ2n) is 7.73. The Morgan fingerprint density at radius 2 is 2.07 bits per heavy atom. The van der Waals surface area contributed by atoms with Gasteiger partial charge in [-0.3, -0.25) is 19.3 Å². The maximum atomic E-state index is 13.7. The first-order valence-electron chi connectivity index (χ1n) is 10.2. The molecule has 0 spiro atoms. The predicted octanol–water partition coefficient (Wildman–Crippen LogP) is 3.50. The molecule has 1 amide bonds. The highest BCUT2D eigenvalue weighted by molar-refractivity contribution is 7.22. The number of aryl methyl sites for hydroxylation is 1. The summed E-state index contributed by atoms with van der Waals surface area (Å²) in [5.41, 5.74) is 2.02. The number of morpholine rings is 1. The smallest absolute Gasteiger partial charge is 0.278 e.